The molecule has 2 unspecified atom stereocenters. The molecule has 0 amide bonds. The number of nitrogens with one attached hydrogen (secondary N) is 2. The van der Waals surface area contributed by atoms with Crippen molar-refractivity contribution in [1.82, 2.24) is 9.97 Å². The minimum Gasteiger partial charge on any atom is -0.516 e. The molecule has 3 N–H and O–H groups in total. The van der Waals surface area contributed by atoms with Crippen molar-refractivity contribution in [2.45, 2.75) is 59.2 Å². The van der Waals surface area contributed by atoms with E-state index in [1.165, 1.54) is 30.4 Å². The molecular weight excluding hydrogens is 434 g/mol. The number of hydrogen-bond acceptors (Lipinski definition) is 6. The van der Waals surface area contributed by atoms with Gasteiger partial charge >= 0.3 is 0 Å². The molecule has 1 saturated heterocycles. The Labute approximate surface area is 199 Å². The number of para-hydroxylation sites is 1. The number of benzene rings is 1. The number of allylic oxidation sites excluding steroid dienone is 1. The Bertz CT molecular complexity index is 1100. The summed E-state index contributed by atoms with van der Waals surface area (Å²) in [6.07, 6.45) is 12.6. The van der Waals surface area contributed by atoms with Crippen LogP contribution in [0.4, 0.5) is 0 Å². The van der Waals surface area contributed by atoms with Crippen LogP contribution in [0, 0.1) is 17.8 Å². The summed E-state index contributed by atoms with van der Waals surface area (Å²) in [7, 11) is 0. The number of nitrogens with zero attached hydrogens (tertiary/aromatic N) is 1. The highest BCUT2D eigenvalue weighted by molar-refractivity contribution is 7.10. The zero-order chi connectivity index (χ0) is 24.6. The quantitative estimate of drug-likeness (QED) is 0.245. The standard InChI is InChI=1S/C15H12N2O2S.C6H12O.C3H4.C2H5N/c18-7-3-6-14-16-13(9-20-14)11-8-10-4-1-2-5-12(10)17-15(11)19;1-5-3-4-6(2)7-5;1-3-2;1-2-3/h1-5,7-9,18H,6H2,(H,17,19);5-6H,3-4H2,1-2H3;1H,2H3;2-3H,1H3/b7-3+;;;. The van der Waals surface area contributed by atoms with E-state index in [4.69, 9.17) is 15.3 Å². The van der Waals surface area contributed by atoms with Gasteiger partial charge in [0.05, 0.1) is 34.7 Å². The molecule has 0 aliphatic carbocycles. The molecule has 2 atom stereocenters. The van der Waals surface area contributed by atoms with Crippen LogP contribution in [0.3, 0.4) is 0 Å². The topological polar surface area (TPSA) is 99.1 Å². The summed E-state index contributed by atoms with van der Waals surface area (Å²) in [6, 6.07) is 9.51. The highest BCUT2D eigenvalue weighted by atomic mass is 32.1. The Kier molecular flexibility index (Phi) is 13.1. The average molecular weight is 468 g/mol. The van der Waals surface area contributed by atoms with Crippen LogP contribution in [0.15, 0.2) is 52.8 Å². The number of ether oxygens (including phenoxy) is 1. The number of hydrogen-bond donors (Lipinski definition) is 3. The molecule has 0 spiro atoms. The van der Waals surface area contributed by atoms with Gasteiger partial charge in [0.15, 0.2) is 0 Å². The number of aromatic amines is 1. The van der Waals surface area contributed by atoms with Crippen molar-refractivity contribution in [1.29, 1.82) is 5.41 Å². The van der Waals surface area contributed by atoms with E-state index in [2.05, 4.69) is 36.2 Å². The molecule has 1 aliphatic heterocycles. The highest BCUT2D eigenvalue weighted by Gasteiger charge is 2.16. The maximum absolute atomic E-state index is 12.1. The van der Waals surface area contributed by atoms with E-state index >= 15 is 0 Å². The van der Waals surface area contributed by atoms with Crippen LogP contribution in [-0.2, 0) is 11.2 Å². The molecule has 3 heterocycles. The minimum absolute atomic E-state index is 0.141. The molecule has 4 rings (SSSR count). The van der Waals surface area contributed by atoms with E-state index in [1.54, 1.807) is 19.9 Å². The average Bonchev–Trinajstić information content (AvgIpc) is 3.41. The third-order valence-electron chi connectivity index (χ3n) is 4.42. The largest absolute Gasteiger partial charge is 0.516 e. The lowest BCUT2D eigenvalue weighted by molar-refractivity contribution is 0.0673. The summed E-state index contributed by atoms with van der Waals surface area (Å²) in [6.45, 7) is 7.58. The zero-order valence-corrected chi connectivity index (χ0v) is 20.5. The summed E-state index contributed by atoms with van der Waals surface area (Å²) in [4.78, 5) is 19.4. The maximum atomic E-state index is 12.1. The summed E-state index contributed by atoms with van der Waals surface area (Å²) in [5.74, 6) is 2.25. The van der Waals surface area contributed by atoms with E-state index in [0.29, 0.717) is 29.9 Å². The lowest BCUT2D eigenvalue weighted by atomic mass is 10.1. The molecule has 0 radical (unpaired) electrons. The summed E-state index contributed by atoms with van der Waals surface area (Å²) in [5.41, 5.74) is 1.92. The van der Waals surface area contributed by atoms with Crippen LogP contribution in [-0.4, -0.2) is 33.5 Å². The monoisotopic (exact) mass is 467 g/mol. The highest BCUT2D eigenvalue weighted by Crippen LogP contribution is 2.22. The molecule has 176 valence electrons. The van der Waals surface area contributed by atoms with Gasteiger partial charge < -0.3 is 20.2 Å². The van der Waals surface area contributed by atoms with Crippen LogP contribution in [0.25, 0.3) is 22.2 Å². The Morgan fingerprint density at radius 1 is 1.33 bits per heavy atom. The van der Waals surface area contributed by atoms with Crippen LogP contribution >= 0.6 is 11.3 Å². The van der Waals surface area contributed by atoms with Crippen LogP contribution in [0.1, 0.15) is 45.5 Å². The van der Waals surface area contributed by atoms with Crippen LogP contribution in [0.2, 0.25) is 0 Å². The fraction of sp³-hybridized carbons (Fsp3) is 0.346. The van der Waals surface area contributed by atoms with E-state index in [-0.39, 0.29) is 5.56 Å². The molecule has 0 saturated carbocycles. The van der Waals surface area contributed by atoms with Crippen molar-refractivity contribution in [2.75, 3.05) is 0 Å². The normalized spacial score (nSPS) is 16.5. The number of pyridine rings is 1. The first-order chi connectivity index (χ1) is 15.9. The number of rotatable bonds is 3. The third-order valence-corrected chi connectivity index (χ3v) is 5.29. The van der Waals surface area contributed by atoms with Gasteiger partial charge in [-0.3, -0.25) is 4.79 Å². The van der Waals surface area contributed by atoms with E-state index in [9.17, 15) is 4.79 Å². The first-order valence-electron chi connectivity index (χ1n) is 10.7. The van der Waals surface area contributed by atoms with Gasteiger partial charge in [-0.25, -0.2) is 4.98 Å². The lowest BCUT2D eigenvalue weighted by Crippen LogP contribution is -2.08. The molecule has 1 fully saturated rings. The maximum Gasteiger partial charge on any atom is 0.257 e. The third kappa shape index (κ3) is 9.85. The van der Waals surface area contributed by atoms with Gasteiger partial charge in [-0.15, -0.1) is 23.7 Å². The van der Waals surface area contributed by atoms with E-state index in [0.717, 1.165) is 22.2 Å². The smallest absolute Gasteiger partial charge is 0.257 e. The molecule has 1 aliphatic rings. The van der Waals surface area contributed by atoms with Gasteiger partial charge in [-0.05, 0) is 70.3 Å². The summed E-state index contributed by atoms with van der Waals surface area (Å²) < 4.78 is 5.36. The first-order valence-corrected chi connectivity index (χ1v) is 11.6. The number of terminal acetylenes is 1. The predicted octanol–water partition coefficient (Wildman–Crippen LogP) is 6.13. The second-order valence-corrected chi connectivity index (χ2v) is 8.17. The van der Waals surface area contributed by atoms with Crippen molar-refractivity contribution >= 4 is 28.5 Å². The number of H-pyrrole nitrogens is 1. The van der Waals surface area contributed by atoms with E-state index in [1.807, 2.05) is 35.7 Å². The van der Waals surface area contributed by atoms with Crippen LogP contribution in [0.5, 0.6) is 0 Å². The number of aromatic nitrogens is 2. The molecular formula is C26H33N3O3S. The van der Waals surface area contributed by atoms with Gasteiger partial charge in [0.2, 0.25) is 0 Å². The molecule has 0 bridgehead atoms. The fourth-order valence-corrected chi connectivity index (χ4v) is 3.79. The van der Waals surface area contributed by atoms with Crippen molar-refractivity contribution in [3.05, 3.63) is 63.4 Å². The molecule has 1 aromatic carbocycles. The van der Waals surface area contributed by atoms with Gasteiger partial charge in [-0.1, -0.05) is 18.2 Å². The summed E-state index contributed by atoms with van der Waals surface area (Å²) >= 11 is 1.47. The summed E-state index contributed by atoms with van der Waals surface area (Å²) in [5, 5.41) is 18.4. The molecule has 6 nitrogen and oxygen atoms in total. The minimum atomic E-state index is -0.141. The van der Waals surface area contributed by atoms with Gasteiger partial charge in [0.25, 0.3) is 5.56 Å². The number of fused-ring (bicyclic) bond motifs is 1. The van der Waals surface area contributed by atoms with Crippen molar-refractivity contribution in [3.63, 3.8) is 0 Å². The second-order valence-electron chi connectivity index (χ2n) is 7.23. The number of aliphatic hydroxyl groups excluding tert-OH is 1. The van der Waals surface area contributed by atoms with Crippen LogP contribution < -0.4 is 5.56 Å². The second kappa shape index (κ2) is 15.6. The van der Waals surface area contributed by atoms with Gasteiger partial charge in [0.1, 0.15) is 0 Å². The number of aliphatic hydroxyl groups is 1. The van der Waals surface area contributed by atoms with Gasteiger partial charge in [0, 0.05) is 17.3 Å². The molecule has 2 aromatic heterocycles. The van der Waals surface area contributed by atoms with Crippen molar-refractivity contribution < 1.29 is 9.84 Å². The SMILES string of the molecule is C#CC.CC1CCC(C)O1.CC=N.O=c1[nH]c2ccccc2cc1-c1csc(C/C=C/O)n1. The predicted molar refractivity (Wildman–Crippen MR) is 139 cm³/mol. The molecule has 33 heavy (non-hydrogen) atoms. The Morgan fingerprint density at radius 3 is 2.48 bits per heavy atom. The Morgan fingerprint density at radius 2 is 1.94 bits per heavy atom. The lowest BCUT2D eigenvalue weighted by Gasteiger charge is -2.01. The van der Waals surface area contributed by atoms with Gasteiger partial charge in [-0.2, -0.15) is 0 Å². The number of thiazole rings is 1. The molecule has 7 heteroatoms. The first kappa shape index (κ1) is 27.8. The van der Waals surface area contributed by atoms with Crippen molar-refractivity contribution in [2.24, 2.45) is 0 Å². The molecule has 3 aromatic rings. The fourth-order valence-electron chi connectivity index (χ4n) is 3.02. The Hall–Kier alpha value is -3.21. The zero-order valence-electron chi connectivity index (χ0n) is 19.7. The van der Waals surface area contributed by atoms with E-state index < -0.39 is 0 Å². The van der Waals surface area contributed by atoms with Crippen molar-refractivity contribution in [3.8, 4) is 23.6 Å². The Balaban J connectivity index is 0.000000346.